The molecule has 0 bridgehead atoms. The Labute approximate surface area is 113 Å². The molecule has 0 fully saturated rings. The zero-order valence-electron chi connectivity index (χ0n) is 10.1. The van der Waals surface area contributed by atoms with Crippen LogP contribution in [-0.2, 0) is 22.9 Å². The van der Waals surface area contributed by atoms with Crippen molar-refractivity contribution < 1.29 is 13.2 Å². The molecule has 7 heteroatoms. The van der Waals surface area contributed by atoms with Gasteiger partial charge in [-0.15, -0.1) is 12.4 Å². The van der Waals surface area contributed by atoms with Gasteiger partial charge in [0.15, 0.2) is 0 Å². The Morgan fingerprint density at radius 3 is 2.28 bits per heavy atom. The molecule has 18 heavy (non-hydrogen) atoms. The number of rotatable bonds is 2. The first-order valence-corrected chi connectivity index (χ1v) is 7.00. The van der Waals surface area contributed by atoms with Gasteiger partial charge in [0, 0.05) is 0 Å². The van der Waals surface area contributed by atoms with E-state index >= 15 is 0 Å². The number of nitrogens with two attached hydrogens (primary N) is 1. The van der Waals surface area contributed by atoms with Gasteiger partial charge in [-0.1, -0.05) is 0 Å². The van der Waals surface area contributed by atoms with Gasteiger partial charge in [-0.05, 0) is 49.2 Å². The normalized spacial score (nSPS) is 15.2. The summed E-state index contributed by atoms with van der Waals surface area (Å²) in [5.41, 5.74) is 2.15. The van der Waals surface area contributed by atoms with E-state index in [4.69, 9.17) is 9.88 Å². The minimum absolute atomic E-state index is 0. The molecule has 0 aliphatic carbocycles. The van der Waals surface area contributed by atoms with E-state index in [1.54, 1.807) is 12.1 Å². The second-order valence-corrected chi connectivity index (χ2v) is 5.60. The van der Waals surface area contributed by atoms with Gasteiger partial charge in [-0.25, -0.2) is 13.6 Å². The highest BCUT2D eigenvalue weighted by molar-refractivity contribution is 7.89. The zero-order valence-corrected chi connectivity index (χ0v) is 11.7. The first-order valence-electron chi connectivity index (χ1n) is 5.45. The molecule has 1 heterocycles. The van der Waals surface area contributed by atoms with Crippen molar-refractivity contribution >= 4 is 22.4 Å². The van der Waals surface area contributed by atoms with E-state index < -0.39 is 10.0 Å². The van der Waals surface area contributed by atoms with Gasteiger partial charge >= 0.3 is 0 Å². The topological polar surface area (TPSA) is 81.4 Å². The van der Waals surface area contributed by atoms with Gasteiger partial charge in [0.25, 0.3) is 0 Å². The molecule has 102 valence electrons. The molecule has 1 aliphatic rings. The summed E-state index contributed by atoms with van der Waals surface area (Å²) in [6.45, 7) is 1.74. The first kappa shape index (κ1) is 15.2. The number of hydrogen-bond donors (Lipinski definition) is 2. The summed E-state index contributed by atoms with van der Waals surface area (Å²) in [5, 5.41) is 8.45. The molecule has 0 atom stereocenters. The van der Waals surface area contributed by atoms with Gasteiger partial charge in [-0.3, -0.25) is 0 Å². The van der Waals surface area contributed by atoms with Crippen molar-refractivity contribution in [1.82, 2.24) is 5.32 Å². The summed E-state index contributed by atoms with van der Waals surface area (Å²) >= 11 is 0. The van der Waals surface area contributed by atoms with Crippen LogP contribution in [0.4, 0.5) is 0 Å². The fraction of sp³-hybridized carbons (Fsp3) is 0.455. The van der Waals surface area contributed by atoms with Crippen LogP contribution in [0.3, 0.4) is 0 Å². The van der Waals surface area contributed by atoms with Crippen molar-refractivity contribution in [1.29, 1.82) is 0 Å². The van der Waals surface area contributed by atoms with Crippen molar-refractivity contribution in [3.05, 3.63) is 23.3 Å². The molecule has 1 aliphatic heterocycles. The van der Waals surface area contributed by atoms with Crippen LogP contribution in [0.5, 0.6) is 5.75 Å². The Kier molecular flexibility index (Phi) is 4.98. The number of primary sulfonamides is 1. The molecule has 3 N–H and O–H groups in total. The summed E-state index contributed by atoms with van der Waals surface area (Å²) in [7, 11) is -2.29. The molecular formula is C11H17ClN2O3S. The standard InChI is InChI=1S/C11H16N2O3S.ClH/c1-16-10-6-8-2-4-13-5-3-9(8)7-11(10)17(12,14)15;/h6-7,13H,2-5H2,1H3,(H2,12,14,15);1H. The van der Waals surface area contributed by atoms with Crippen molar-refractivity contribution in [2.75, 3.05) is 20.2 Å². The molecular weight excluding hydrogens is 276 g/mol. The molecule has 0 radical (unpaired) electrons. The molecule has 1 aromatic rings. The summed E-state index contributed by atoms with van der Waals surface area (Å²) in [6.07, 6.45) is 1.68. The van der Waals surface area contributed by atoms with E-state index in [2.05, 4.69) is 5.32 Å². The van der Waals surface area contributed by atoms with Gasteiger partial charge in [0.1, 0.15) is 10.6 Å². The molecule has 0 saturated carbocycles. The number of fused-ring (bicyclic) bond motifs is 1. The molecule has 0 spiro atoms. The second kappa shape index (κ2) is 5.88. The monoisotopic (exact) mass is 292 g/mol. The minimum atomic E-state index is -3.74. The van der Waals surface area contributed by atoms with Gasteiger partial charge in [0.2, 0.25) is 10.0 Å². The Hall–Kier alpha value is -0.820. The SMILES string of the molecule is COc1cc2c(cc1S(N)(=O)=O)CCNCC2.Cl. The van der Waals surface area contributed by atoms with Crippen molar-refractivity contribution in [2.24, 2.45) is 5.14 Å². The van der Waals surface area contributed by atoms with Crippen LogP contribution in [0.25, 0.3) is 0 Å². The number of hydrogen-bond acceptors (Lipinski definition) is 4. The summed E-state index contributed by atoms with van der Waals surface area (Å²) in [4.78, 5) is 0.0700. The molecule has 0 unspecified atom stereocenters. The average molecular weight is 293 g/mol. The van der Waals surface area contributed by atoms with Crippen LogP contribution in [-0.4, -0.2) is 28.6 Å². The van der Waals surface area contributed by atoms with Crippen LogP contribution in [0.15, 0.2) is 17.0 Å². The number of methoxy groups -OCH3 is 1. The van der Waals surface area contributed by atoms with Crippen LogP contribution < -0.4 is 15.2 Å². The molecule has 0 amide bonds. The maximum atomic E-state index is 11.5. The number of halogens is 1. The quantitative estimate of drug-likeness (QED) is 0.829. The predicted molar refractivity (Wildman–Crippen MR) is 71.9 cm³/mol. The fourth-order valence-corrected chi connectivity index (χ4v) is 2.79. The van der Waals surface area contributed by atoms with E-state index in [0.717, 1.165) is 37.1 Å². The van der Waals surface area contributed by atoms with Crippen LogP contribution >= 0.6 is 12.4 Å². The molecule has 5 nitrogen and oxygen atoms in total. The lowest BCUT2D eigenvalue weighted by Gasteiger charge is -2.12. The maximum Gasteiger partial charge on any atom is 0.241 e. The number of sulfonamides is 1. The van der Waals surface area contributed by atoms with E-state index in [-0.39, 0.29) is 17.3 Å². The van der Waals surface area contributed by atoms with E-state index in [9.17, 15) is 8.42 Å². The molecule has 2 rings (SSSR count). The van der Waals surface area contributed by atoms with Gasteiger partial charge in [-0.2, -0.15) is 0 Å². The smallest absolute Gasteiger partial charge is 0.241 e. The Bertz CT molecular complexity index is 531. The highest BCUT2D eigenvalue weighted by Crippen LogP contribution is 2.28. The zero-order chi connectivity index (χ0) is 12.5. The van der Waals surface area contributed by atoms with Crippen molar-refractivity contribution in [2.45, 2.75) is 17.7 Å². The summed E-state index contributed by atoms with van der Waals surface area (Å²) < 4.78 is 28.0. The number of ether oxygens (including phenoxy) is 1. The van der Waals surface area contributed by atoms with Crippen molar-refractivity contribution in [3.8, 4) is 5.75 Å². The van der Waals surface area contributed by atoms with Crippen LogP contribution in [0.1, 0.15) is 11.1 Å². The van der Waals surface area contributed by atoms with Crippen molar-refractivity contribution in [3.63, 3.8) is 0 Å². The minimum Gasteiger partial charge on any atom is -0.495 e. The predicted octanol–water partition coefficient (Wildman–Crippen LogP) is 0.453. The van der Waals surface area contributed by atoms with E-state index in [1.165, 1.54) is 7.11 Å². The van der Waals surface area contributed by atoms with Crippen LogP contribution in [0, 0.1) is 0 Å². The van der Waals surface area contributed by atoms with Crippen LogP contribution in [0.2, 0.25) is 0 Å². The lowest BCUT2D eigenvalue weighted by atomic mass is 10.0. The largest absolute Gasteiger partial charge is 0.495 e. The highest BCUT2D eigenvalue weighted by atomic mass is 35.5. The second-order valence-electron chi connectivity index (χ2n) is 4.07. The fourth-order valence-electron chi connectivity index (χ4n) is 2.06. The Balaban J connectivity index is 0.00000162. The summed E-state index contributed by atoms with van der Waals surface area (Å²) in [5.74, 6) is 0.327. The number of nitrogens with one attached hydrogen (secondary N) is 1. The first-order chi connectivity index (χ1) is 8.02. The molecule has 1 aromatic carbocycles. The van der Waals surface area contributed by atoms with E-state index in [0.29, 0.717) is 5.75 Å². The lowest BCUT2D eigenvalue weighted by Crippen LogP contribution is -2.16. The molecule has 0 saturated heterocycles. The number of benzene rings is 1. The maximum absolute atomic E-state index is 11.5. The summed E-state index contributed by atoms with van der Waals surface area (Å²) in [6, 6.07) is 3.42. The molecule has 0 aromatic heterocycles. The van der Waals surface area contributed by atoms with E-state index in [1.807, 2.05) is 0 Å². The Morgan fingerprint density at radius 1 is 1.22 bits per heavy atom. The Morgan fingerprint density at radius 2 is 1.78 bits per heavy atom. The third-order valence-corrected chi connectivity index (χ3v) is 3.87. The highest BCUT2D eigenvalue weighted by Gasteiger charge is 2.19. The third-order valence-electron chi connectivity index (χ3n) is 2.93. The van der Waals surface area contributed by atoms with Gasteiger partial charge in [0.05, 0.1) is 7.11 Å². The van der Waals surface area contributed by atoms with Gasteiger partial charge < -0.3 is 10.1 Å². The average Bonchev–Trinajstić information content (AvgIpc) is 2.50. The lowest BCUT2D eigenvalue weighted by molar-refractivity contribution is 0.402. The third kappa shape index (κ3) is 3.14.